The summed E-state index contributed by atoms with van der Waals surface area (Å²) < 4.78 is 24.8. The molecule has 37 heavy (non-hydrogen) atoms. The zero-order valence-corrected chi connectivity index (χ0v) is 21.8. The molecular formula is C29H33FN4O3. The second kappa shape index (κ2) is 10.0. The second-order valence-electron chi connectivity index (χ2n) is 10.5. The van der Waals surface area contributed by atoms with Crippen molar-refractivity contribution in [2.45, 2.75) is 45.8 Å². The quantitative estimate of drug-likeness (QED) is 0.371. The number of pyridine rings is 1. The Hall–Kier alpha value is -3.65. The number of para-hydroxylation sites is 1. The normalized spacial score (nSPS) is 14.1. The fourth-order valence-electron chi connectivity index (χ4n) is 5.03. The molecule has 0 atom stereocenters. The van der Waals surface area contributed by atoms with Crippen molar-refractivity contribution in [2.75, 3.05) is 26.7 Å². The molecule has 3 heterocycles. The van der Waals surface area contributed by atoms with Gasteiger partial charge in [-0.05, 0) is 56.5 Å². The van der Waals surface area contributed by atoms with Gasteiger partial charge in [0.15, 0.2) is 11.6 Å². The van der Waals surface area contributed by atoms with Crippen LogP contribution in [0.5, 0.6) is 5.75 Å². The number of hydrogen-bond donors (Lipinski definition) is 2. The van der Waals surface area contributed by atoms with Gasteiger partial charge in [0.2, 0.25) is 0 Å². The molecule has 5 rings (SSSR count). The molecule has 7 nitrogen and oxygen atoms in total. The number of hydrogen-bond acceptors (Lipinski definition) is 5. The van der Waals surface area contributed by atoms with Gasteiger partial charge in [-0.3, -0.25) is 9.88 Å². The van der Waals surface area contributed by atoms with E-state index in [1.807, 2.05) is 32.9 Å². The maximum absolute atomic E-state index is 14.4. The molecule has 1 aliphatic heterocycles. The van der Waals surface area contributed by atoms with Crippen LogP contribution in [0.3, 0.4) is 0 Å². The first kappa shape index (κ1) is 25.0. The van der Waals surface area contributed by atoms with Crippen molar-refractivity contribution in [1.29, 1.82) is 0 Å². The summed E-state index contributed by atoms with van der Waals surface area (Å²) in [5.41, 5.74) is 5.57. The Balaban J connectivity index is 1.43. The number of aromatic nitrogens is 2. The number of nitrogens with one attached hydrogen (secondary N) is 2. The fraction of sp³-hybridized carbons (Fsp3) is 0.379. The molecule has 0 fully saturated rings. The van der Waals surface area contributed by atoms with Crippen molar-refractivity contribution in [3.8, 4) is 5.75 Å². The summed E-state index contributed by atoms with van der Waals surface area (Å²) >= 11 is 0. The summed E-state index contributed by atoms with van der Waals surface area (Å²) in [7, 11) is 1.46. The number of benzene rings is 2. The molecule has 0 bridgehead atoms. The van der Waals surface area contributed by atoms with Crippen molar-refractivity contribution in [1.82, 2.24) is 20.2 Å². The Bertz CT molecular complexity index is 1460. The Labute approximate surface area is 216 Å². The molecule has 1 aliphatic rings. The molecule has 2 aromatic carbocycles. The van der Waals surface area contributed by atoms with E-state index in [0.29, 0.717) is 26.1 Å². The van der Waals surface area contributed by atoms with E-state index in [0.717, 1.165) is 41.0 Å². The average molecular weight is 505 g/mol. The Kier molecular flexibility index (Phi) is 6.77. The number of ether oxygens (including phenoxy) is 2. The van der Waals surface area contributed by atoms with Gasteiger partial charge in [-0.25, -0.2) is 9.18 Å². The third kappa shape index (κ3) is 5.39. The predicted molar refractivity (Wildman–Crippen MR) is 143 cm³/mol. The average Bonchev–Trinajstić information content (AvgIpc) is 3.23. The van der Waals surface area contributed by atoms with Crippen LogP contribution in [0.25, 0.3) is 21.8 Å². The maximum atomic E-state index is 14.4. The number of carbonyl (C=O) groups excluding carboxylic acids is 1. The van der Waals surface area contributed by atoms with Crippen LogP contribution in [-0.2, 0) is 24.1 Å². The monoisotopic (exact) mass is 504 g/mol. The Morgan fingerprint density at radius 1 is 1.22 bits per heavy atom. The lowest BCUT2D eigenvalue weighted by Gasteiger charge is -2.29. The number of nitrogens with zero attached hydrogens (tertiary/aromatic N) is 2. The number of fused-ring (bicyclic) bond motifs is 5. The highest BCUT2D eigenvalue weighted by molar-refractivity contribution is 6.10. The lowest BCUT2D eigenvalue weighted by Crippen LogP contribution is -2.40. The minimum Gasteiger partial charge on any atom is -0.494 e. The SMILES string of the molecule is COc1ccc(Cc2nc3c(c4c2[nH]c2ccccc24)CCN(CCNC(=O)OC(C)(C)C)C3)cc1F. The molecule has 0 spiro atoms. The van der Waals surface area contributed by atoms with Gasteiger partial charge in [-0.1, -0.05) is 24.3 Å². The van der Waals surface area contributed by atoms with Gasteiger partial charge in [-0.2, -0.15) is 0 Å². The molecule has 8 heteroatoms. The summed E-state index contributed by atoms with van der Waals surface area (Å²) in [6, 6.07) is 13.4. The summed E-state index contributed by atoms with van der Waals surface area (Å²) in [4.78, 5) is 23.0. The fourth-order valence-corrected chi connectivity index (χ4v) is 5.03. The molecule has 0 aliphatic carbocycles. The Morgan fingerprint density at radius 2 is 2.03 bits per heavy atom. The molecule has 0 saturated heterocycles. The number of halogens is 1. The number of rotatable bonds is 6. The van der Waals surface area contributed by atoms with E-state index < -0.39 is 11.7 Å². The van der Waals surface area contributed by atoms with Crippen molar-refractivity contribution in [2.24, 2.45) is 0 Å². The number of carbonyl (C=O) groups is 1. The van der Waals surface area contributed by atoms with E-state index >= 15 is 0 Å². The Morgan fingerprint density at radius 3 is 2.78 bits per heavy atom. The zero-order valence-electron chi connectivity index (χ0n) is 21.8. The van der Waals surface area contributed by atoms with Crippen molar-refractivity contribution in [3.63, 3.8) is 0 Å². The third-order valence-corrected chi connectivity index (χ3v) is 6.65. The number of alkyl carbamates (subject to hydrolysis) is 1. The van der Waals surface area contributed by atoms with E-state index in [1.165, 1.54) is 29.5 Å². The van der Waals surface area contributed by atoms with Crippen LogP contribution >= 0.6 is 0 Å². The first-order valence-electron chi connectivity index (χ1n) is 12.6. The van der Waals surface area contributed by atoms with Crippen molar-refractivity contribution < 1.29 is 18.7 Å². The number of H-pyrrole nitrogens is 1. The van der Waals surface area contributed by atoms with Gasteiger partial charge in [0.05, 0.1) is 24.0 Å². The van der Waals surface area contributed by atoms with Crippen molar-refractivity contribution >= 4 is 27.9 Å². The first-order chi connectivity index (χ1) is 17.7. The summed E-state index contributed by atoms with van der Waals surface area (Å²) in [6.45, 7) is 8.31. The lowest BCUT2D eigenvalue weighted by molar-refractivity contribution is 0.0521. The van der Waals surface area contributed by atoms with Gasteiger partial charge in [0.25, 0.3) is 0 Å². The molecule has 1 amide bonds. The smallest absolute Gasteiger partial charge is 0.407 e. The second-order valence-corrected chi connectivity index (χ2v) is 10.5. The van der Waals surface area contributed by atoms with Gasteiger partial charge in [0, 0.05) is 48.9 Å². The van der Waals surface area contributed by atoms with E-state index in [9.17, 15) is 9.18 Å². The van der Waals surface area contributed by atoms with Crippen LogP contribution in [0.4, 0.5) is 9.18 Å². The zero-order chi connectivity index (χ0) is 26.2. The van der Waals surface area contributed by atoms with E-state index in [1.54, 1.807) is 6.07 Å². The largest absolute Gasteiger partial charge is 0.494 e. The lowest BCUT2D eigenvalue weighted by atomic mass is 9.96. The molecular weight excluding hydrogens is 471 g/mol. The highest BCUT2D eigenvalue weighted by Gasteiger charge is 2.24. The summed E-state index contributed by atoms with van der Waals surface area (Å²) in [6.07, 6.45) is 0.958. The van der Waals surface area contributed by atoms with Gasteiger partial charge in [-0.15, -0.1) is 0 Å². The topological polar surface area (TPSA) is 79.5 Å². The highest BCUT2D eigenvalue weighted by atomic mass is 19.1. The van der Waals surface area contributed by atoms with E-state index in [-0.39, 0.29) is 11.6 Å². The van der Waals surface area contributed by atoms with E-state index in [2.05, 4.69) is 33.4 Å². The van der Waals surface area contributed by atoms with Crippen LogP contribution in [0, 0.1) is 5.82 Å². The number of methoxy groups -OCH3 is 1. The first-order valence-corrected chi connectivity index (χ1v) is 12.6. The van der Waals surface area contributed by atoms with Crippen LogP contribution in [-0.4, -0.2) is 53.3 Å². The summed E-state index contributed by atoms with van der Waals surface area (Å²) in [5, 5.41) is 5.23. The standard InChI is InChI=1S/C29H33FN4O3/c1-29(2,3)37-28(35)31-12-14-34-13-11-20-24(17-34)32-23(16-18-9-10-25(36-4)21(30)15-18)27-26(20)19-7-5-6-8-22(19)33-27/h5-10,15,33H,11-14,16-17H2,1-4H3,(H,31,35). The minimum atomic E-state index is -0.522. The highest BCUT2D eigenvalue weighted by Crippen LogP contribution is 2.35. The van der Waals surface area contributed by atoms with Crippen LogP contribution in [0.2, 0.25) is 0 Å². The predicted octanol–water partition coefficient (Wildman–Crippen LogP) is 5.34. The molecule has 0 unspecified atom stereocenters. The van der Waals surface area contributed by atoms with Crippen LogP contribution < -0.4 is 10.1 Å². The van der Waals surface area contributed by atoms with E-state index in [4.69, 9.17) is 14.5 Å². The van der Waals surface area contributed by atoms with Gasteiger partial charge in [0.1, 0.15) is 5.60 Å². The molecule has 4 aromatic rings. The molecule has 2 aromatic heterocycles. The molecule has 194 valence electrons. The third-order valence-electron chi connectivity index (χ3n) is 6.65. The van der Waals surface area contributed by atoms with Gasteiger partial charge < -0.3 is 19.8 Å². The maximum Gasteiger partial charge on any atom is 0.407 e. The molecule has 2 N–H and O–H groups in total. The molecule has 0 saturated carbocycles. The van der Waals surface area contributed by atoms with Crippen LogP contribution in [0.15, 0.2) is 42.5 Å². The minimum absolute atomic E-state index is 0.230. The summed E-state index contributed by atoms with van der Waals surface area (Å²) in [5.74, 6) is -0.150. The van der Waals surface area contributed by atoms with Crippen molar-refractivity contribution in [3.05, 3.63) is 70.8 Å². The number of aromatic amines is 1. The molecule has 0 radical (unpaired) electrons. The van der Waals surface area contributed by atoms with Gasteiger partial charge >= 0.3 is 6.09 Å². The van der Waals surface area contributed by atoms with Crippen LogP contribution in [0.1, 0.15) is 43.3 Å². The number of amides is 1.